The van der Waals surface area contributed by atoms with Crippen LogP contribution in [0.3, 0.4) is 0 Å². The molecule has 3 saturated heterocycles. The fourth-order valence-corrected chi connectivity index (χ4v) is 5.38. The number of hydrogen-bond donors (Lipinski definition) is 0. The summed E-state index contributed by atoms with van der Waals surface area (Å²) in [5, 5.41) is 2.20. The van der Waals surface area contributed by atoms with E-state index in [2.05, 4.69) is 34.7 Å². The molecule has 3 heteroatoms. The molecule has 1 aromatic heterocycles. The Labute approximate surface area is 136 Å². The van der Waals surface area contributed by atoms with Crippen molar-refractivity contribution in [1.29, 1.82) is 0 Å². The lowest BCUT2D eigenvalue weighted by Gasteiger charge is -2.52. The number of hydrogen-bond acceptors (Lipinski definition) is 2. The molecule has 6 rings (SSSR count). The highest BCUT2D eigenvalue weighted by atomic mass is 16.1. The minimum atomic E-state index is -0.0360. The van der Waals surface area contributed by atoms with Crippen LogP contribution in [-0.2, 0) is 18.4 Å². The fraction of sp³-hybridized carbons (Fsp3) is 0.550. The zero-order valence-electron chi connectivity index (χ0n) is 13.8. The Morgan fingerprint density at radius 3 is 2.65 bits per heavy atom. The van der Waals surface area contributed by atoms with Crippen molar-refractivity contribution in [2.75, 3.05) is 19.6 Å². The zero-order valence-corrected chi connectivity index (χ0v) is 13.8. The van der Waals surface area contributed by atoms with Gasteiger partial charge in [-0.3, -0.25) is 4.79 Å². The van der Waals surface area contributed by atoms with Crippen molar-refractivity contribution in [3.8, 4) is 0 Å². The van der Waals surface area contributed by atoms with Crippen LogP contribution < -0.4 is 5.56 Å². The van der Waals surface area contributed by atoms with Gasteiger partial charge in [0.25, 0.3) is 5.56 Å². The molecule has 0 amide bonds. The van der Waals surface area contributed by atoms with Crippen LogP contribution in [0.1, 0.15) is 37.3 Å². The van der Waals surface area contributed by atoms with E-state index in [1.807, 2.05) is 6.07 Å². The van der Waals surface area contributed by atoms with E-state index in [9.17, 15) is 4.79 Å². The van der Waals surface area contributed by atoms with E-state index in [-0.39, 0.29) is 11.1 Å². The van der Waals surface area contributed by atoms with Gasteiger partial charge >= 0.3 is 0 Å². The molecule has 2 bridgehead atoms. The lowest BCUT2D eigenvalue weighted by atomic mass is 9.73. The van der Waals surface area contributed by atoms with Crippen molar-refractivity contribution < 1.29 is 0 Å². The number of nitrogens with zero attached hydrogens (tertiary/aromatic N) is 2. The van der Waals surface area contributed by atoms with E-state index in [0.717, 1.165) is 24.8 Å². The highest BCUT2D eigenvalue weighted by Crippen LogP contribution is 2.41. The van der Waals surface area contributed by atoms with Crippen molar-refractivity contribution in [3.05, 3.63) is 45.9 Å². The Bertz CT molecular complexity index is 845. The molecule has 0 saturated carbocycles. The predicted octanol–water partition coefficient (Wildman–Crippen LogP) is 2.93. The minimum absolute atomic E-state index is 0.0360. The second-order valence-corrected chi connectivity index (χ2v) is 7.93. The van der Waals surface area contributed by atoms with Gasteiger partial charge in [0.1, 0.15) is 0 Å². The highest BCUT2D eigenvalue weighted by Gasteiger charge is 2.45. The fourth-order valence-electron chi connectivity index (χ4n) is 5.38. The summed E-state index contributed by atoms with van der Waals surface area (Å²) < 4.78 is 2.12. The molecule has 4 aliphatic rings. The van der Waals surface area contributed by atoms with E-state index in [1.54, 1.807) is 0 Å². The molecule has 1 aliphatic carbocycles. The van der Waals surface area contributed by atoms with Crippen molar-refractivity contribution in [2.45, 2.75) is 44.6 Å². The molecule has 1 aromatic carbocycles. The summed E-state index contributed by atoms with van der Waals surface area (Å²) in [6.45, 7) is 5.76. The second kappa shape index (κ2) is 4.70. The number of benzene rings is 1. The summed E-state index contributed by atoms with van der Waals surface area (Å²) in [5.41, 5.74) is 2.95. The van der Waals surface area contributed by atoms with Crippen molar-refractivity contribution in [3.63, 3.8) is 0 Å². The number of aromatic nitrogens is 1. The predicted molar refractivity (Wildman–Crippen MR) is 93.0 cm³/mol. The SMILES string of the molecule is CC1(n2cc3c4c(cccc4c2=O)CCC3)CN2CCC1CC2. The second-order valence-electron chi connectivity index (χ2n) is 7.93. The third-order valence-corrected chi connectivity index (χ3v) is 6.66. The van der Waals surface area contributed by atoms with Gasteiger partial charge in [0.2, 0.25) is 0 Å². The lowest BCUT2D eigenvalue weighted by Crippen LogP contribution is -2.60. The Morgan fingerprint density at radius 2 is 1.91 bits per heavy atom. The van der Waals surface area contributed by atoms with Crippen molar-refractivity contribution in [2.24, 2.45) is 5.92 Å². The molecule has 3 nitrogen and oxygen atoms in total. The van der Waals surface area contributed by atoms with E-state index < -0.39 is 0 Å². The molecule has 3 fully saturated rings. The molecule has 2 aromatic rings. The molecule has 3 aliphatic heterocycles. The van der Waals surface area contributed by atoms with Gasteiger partial charge in [0.05, 0.1) is 5.54 Å². The summed E-state index contributed by atoms with van der Waals surface area (Å²) in [4.78, 5) is 15.8. The highest BCUT2D eigenvalue weighted by molar-refractivity contribution is 5.88. The number of fused-ring (bicyclic) bond motifs is 3. The summed E-state index contributed by atoms with van der Waals surface area (Å²) >= 11 is 0. The van der Waals surface area contributed by atoms with Crippen LogP contribution in [0.15, 0.2) is 29.2 Å². The third kappa shape index (κ3) is 1.83. The molecular weight excluding hydrogens is 284 g/mol. The molecule has 4 heterocycles. The molecule has 0 radical (unpaired) electrons. The Hall–Kier alpha value is -1.61. The Kier molecular flexibility index (Phi) is 2.82. The maximum Gasteiger partial charge on any atom is 0.259 e. The van der Waals surface area contributed by atoms with E-state index >= 15 is 0 Å². The van der Waals surface area contributed by atoms with Gasteiger partial charge in [0, 0.05) is 18.1 Å². The lowest BCUT2D eigenvalue weighted by molar-refractivity contribution is -0.00952. The van der Waals surface area contributed by atoms with Gasteiger partial charge in [-0.1, -0.05) is 12.1 Å². The monoisotopic (exact) mass is 308 g/mol. The van der Waals surface area contributed by atoms with Gasteiger partial charge in [-0.15, -0.1) is 0 Å². The van der Waals surface area contributed by atoms with Crippen molar-refractivity contribution in [1.82, 2.24) is 9.47 Å². The standard InChI is InChI=1S/C20H24N2O/c1-20(13-21-10-8-16(20)9-11-21)22-12-15-6-2-4-14-5-3-7-17(18(14)15)19(22)23/h3,5,7,12,16H,2,4,6,8-11,13H2,1H3. The van der Waals surface area contributed by atoms with E-state index in [1.165, 1.54) is 48.9 Å². The molecular formula is C20H24N2O. The first kappa shape index (κ1) is 13.8. The maximum atomic E-state index is 13.3. The Balaban J connectivity index is 1.77. The average molecular weight is 308 g/mol. The topological polar surface area (TPSA) is 25.2 Å². The van der Waals surface area contributed by atoms with Crippen LogP contribution in [0.5, 0.6) is 0 Å². The van der Waals surface area contributed by atoms with E-state index in [0.29, 0.717) is 5.92 Å². The number of rotatable bonds is 1. The van der Waals surface area contributed by atoms with Crippen LogP contribution in [0.2, 0.25) is 0 Å². The first-order valence-corrected chi connectivity index (χ1v) is 9.06. The van der Waals surface area contributed by atoms with Crippen LogP contribution in [0.25, 0.3) is 10.8 Å². The molecule has 1 unspecified atom stereocenters. The molecule has 0 spiro atoms. The zero-order chi connectivity index (χ0) is 15.6. The van der Waals surface area contributed by atoms with Crippen LogP contribution in [0, 0.1) is 5.92 Å². The van der Waals surface area contributed by atoms with Gasteiger partial charge in [-0.2, -0.15) is 0 Å². The minimum Gasteiger partial charge on any atom is -0.307 e. The van der Waals surface area contributed by atoms with Gasteiger partial charge in [-0.05, 0) is 80.6 Å². The summed E-state index contributed by atoms with van der Waals surface area (Å²) in [6, 6.07) is 6.30. The van der Waals surface area contributed by atoms with Gasteiger partial charge in [-0.25, -0.2) is 0 Å². The van der Waals surface area contributed by atoms with Crippen LogP contribution >= 0.6 is 0 Å². The molecule has 0 N–H and O–H groups in total. The number of aryl methyl sites for hydroxylation is 2. The molecule has 23 heavy (non-hydrogen) atoms. The maximum absolute atomic E-state index is 13.3. The number of piperidine rings is 3. The van der Waals surface area contributed by atoms with Crippen molar-refractivity contribution >= 4 is 10.8 Å². The van der Waals surface area contributed by atoms with Crippen LogP contribution in [-0.4, -0.2) is 29.1 Å². The summed E-state index contributed by atoms with van der Waals surface area (Å²) in [7, 11) is 0. The largest absolute Gasteiger partial charge is 0.307 e. The van der Waals surface area contributed by atoms with Crippen LogP contribution in [0.4, 0.5) is 0 Å². The normalized spacial score (nSPS) is 32.4. The first-order chi connectivity index (χ1) is 11.2. The smallest absolute Gasteiger partial charge is 0.259 e. The van der Waals surface area contributed by atoms with Gasteiger partial charge < -0.3 is 9.47 Å². The third-order valence-electron chi connectivity index (χ3n) is 6.66. The average Bonchev–Trinajstić information content (AvgIpc) is 2.59. The Morgan fingerprint density at radius 1 is 1.13 bits per heavy atom. The molecule has 120 valence electrons. The first-order valence-electron chi connectivity index (χ1n) is 9.06. The quantitative estimate of drug-likeness (QED) is 0.809. The summed E-state index contributed by atoms with van der Waals surface area (Å²) in [5.74, 6) is 0.640. The van der Waals surface area contributed by atoms with E-state index in [4.69, 9.17) is 0 Å². The summed E-state index contributed by atoms with van der Waals surface area (Å²) in [6.07, 6.45) is 8.11. The number of pyridine rings is 1. The van der Waals surface area contributed by atoms with Gasteiger partial charge in [0.15, 0.2) is 0 Å². The molecule has 1 atom stereocenters.